The van der Waals surface area contributed by atoms with Crippen molar-refractivity contribution < 1.29 is 23.6 Å². The van der Waals surface area contributed by atoms with E-state index in [1.165, 1.54) is 6.07 Å². The number of non-ortho nitro benzene ring substituents is 1. The van der Waals surface area contributed by atoms with Gasteiger partial charge in [-0.3, -0.25) is 10.1 Å². The van der Waals surface area contributed by atoms with E-state index in [2.05, 4.69) is 4.74 Å². The quantitative estimate of drug-likeness (QED) is 0.452. The Hall–Kier alpha value is -2.38. The number of hydrogen-bond donors (Lipinski definition) is 0. The third-order valence-electron chi connectivity index (χ3n) is 2.71. The molecule has 0 unspecified atom stereocenters. The van der Waals surface area contributed by atoms with E-state index in [0.717, 1.165) is 31.4 Å². The number of halogens is 3. The first-order valence-electron chi connectivity index (χ1n) is 6.02. The summed E-state index contributed by atoms with van der Waals surface area (Å²) in [4.78, 5) is 21.5. The zero-order valence-corrected chi connectivity index (χ0v) is 13.0. The Morgan fingerprint density at radius 1 is 1.17 bits per heavy atom. The smallest absolute Gasteiger partial charge is 0.338 e. The van der Waals surface area contributed by atoms with Gasteiger partial charge in [0.05, 0.1) is 27.6 Å². The largest absolute Gasteiger partial charge is 0.465 e. The number of methoxy groups -OCH3 is 1. The number of rotatable bonds is 4. The minimum Gasteiger partial charge on any atom is -0.465 e. The maximum atomic E-state index is 13.6. The standard InChI is InChI=1S/C14H8Cl2FNO5/c1-22-14(19)7-2-8(17)4-10(3-7)23-13-11(15)5-9(18(20)21)6-12(13)16/h2-6H,1H3. The van der Waals surface area contributed by atoms with Crippen molar-refractivity contribution in [1.82, 2.24) is 0 Å². The molecule has 23 heavy (non-hydrogen) atoms. The number of hydrogen-bond acceptors (Lipinski definition) is 5. The van der Waals surface area contributed by atoms with Crippen LogP contribution >= 0.6 is 23.2 Å². The molecule has 0 bridgehead atoms. The van der Waals surface area contributed by atoms with E-state index in [1.54, 1.807) is 0 Å². The average Bonchev–Trinajstić information content (AvgIpc) is 2.49. The van der Waals surface area contributed by atoms with E-state index in [1.807, 2.05) is 0 Å². The van der Waals surface area contributed by atoms with E-state index in [9.17, 15) is 19.3 Å². The molecule has 2 rings (SSSR count). The van der Waals surface area contributed by atoms with Gasteiger partial charge in [0.15, 0.2) is 5.75 Å². The molecule has 9 heteroatoms. The molecule has 2 aromatic carbocycles. The summed E-state index contributed by atoms with van der Waals surface area (Å²) in [5.41, 5.74) is -0.390. The van der Waals surface area contributed by atoms with E-state index < -0.39 is 16.7 Å². The number of nitrogens with zero attached hydrogens (tertiary/aromatic N) is 1. The first-order valence-corrected chi connectivity index (χ1v) is 6.77. The highest BCUT2D eigenvalue weighted by atomic mass is 35.5. The number of nitro groups is 1. The predicted molar refractivity (Wildman–Crippen MR) is 80.9 cm³/mol. The summed E-state index contributed by atoms with van der Waals surface area (Å²) in [6.07, 6.45) is 0. The van der Waals surface area contributed by atoms with Crippen LogP contribution in [0.4, 0.5) is 10.1 Å². The first kappa shape index (κ1) is 17.0. The van der Waals surface area contributed by atoms with Gasteiger partial charge in [-0.2, -0.15) is 0 Å². The molecule has 0 amide bonds. The fourth-order valence-corrected chi connectivity index (χ4v) is 2.28. The molecule has 0 radical (unpaired) electrons. The Labute approximate surface area is 139 Å². The second-order valence-electron chi connectivity index (χ2n) is 4.26. The van der Waals surface area contributed by atoms with E-state index in [-0.39, 0.29) is 32.8 Å². The zero-order valence-electron chi connectivity index (χ0n) is 11.5. The first-order chi connectivity index (χ1) is 10.8. The third-order valence-corrected chi connectivity index (χ3v) is 3.27. The molecule has 0 spiro atoms. The van der Waals surface area contributed by atoms with Crippen LogP contribution in [0, 0.1) is 15.9 Å². The van der Waals surface area contributed by atoms with Gasteiger partial charge in [-0.1, -0.05) is 23.2 Å². The zero-order chi connectivity index (χ0) is 17.1. The van der Waals surface area contributed by atoms with Gasteiger partial charge in [0, 0.05) is 18.2 Å². The molecule has 0 atom stereocenters. The molecule has 0 saturated heterocycles. The topological polar surface area (TPSA) is 78.7 Å². The van der Waals surface area contributed by atoms with Crippen LogP contribution in [-0.4, -0.2) is 18.0 Å². The van der Waals surface area contributed by atoms with E-state index in [4.69, 9.17) is 27.9 Å². The monoisotopic (exact) mass is 359 g/mol. The normalized spacial score (nSPS) is 10.3. The Morgan fingerprint density at radius 3 is 2.30 bits per heavy atom. The second kappa shape index (κ2) is 6.80. The van der Waals surface area contributed by atoms with Crippen molar-refractivity contribution in [3.05, 3.63) is 61.9 Å². The Bertz CT molecular complexity index is 774. The van der Waals surface area contributed by atoms with Crippen LogP contribution in [0.3, 0.4) is 0 Å². The van der Waals surface area contributed by atoms with Crippen LogP contribution in [0.5, 0.6) is 11.5 Å². The van der Waals surface area contributed by atoms with Gasteiger partial charge in [-0.15, -0.1) is 0 Å². The summed E-state index contributed by atoms with van der Waals surface area (Å²) in [7, 11) is 1.15. The molecule has 0 N–H and O–H groups in total. The summed E-state index contributed by atoms with van der Waals surface area (Å²) in [6, 6.07) is 5.29. The van der Waals surface area contributed by atoms with Gasteiger partial charge in [-0.25, -0.2) is 9.18 Å². The van der Waals surface area contributed by atoms with Gasteiger partial charge in [0.1, 0.15) is 11.6 Å². The van der Waals surface area contributed by atoms with Crippen LogP contribution in [0.2, 0.25) is 10.0 Å². The molecule has 0 aliphatic heterocycles. The molecular formula is C14H8Cl2FNO5. The van der Waals surface area contributed by atoms with E-state index in [0.29, 0.717) is 0 Å². The summed E-state index contributed by atoms with van der Waals surface area (Å²) < 4.78 is 23.4. The number of esters is 1. The van der Waals surface area contributed by atoms with Gasteiger partial charge in [0.25, 0.3) is 5.69 Å². The molecule has 0 aliphatic carbocycles. The van der Waals surface area contributed by atoms with Crippen LogP contribution in [-0.2, 0) is 4.74 Å². The van der Waals surface area contributed by atoms with Crippen molar-refractivity contribution in [1.29, 1.82) is 0 Å². The molecule has 0 heterocycles. The predicted octanol–water partition coefficient (Wildman–Crippen LogP) is 4.62. The summed E-state index contributed by atoms with van der Waals surface area (Å²) in [6.45, 7) is 0. The molecule has 120 valence electrons. The Balaban J connectivity index is 2.42. The minimum absolute atomic E-state index is 0.0666. The summed E-state index contributed by atoms with van der Waals surface area (Å²) in [5, 5.41) is 10.5. The van der Waals surface area contributed by atoms with Crippen LogP contribution in [0.25, 0.3) is 0 Å². The van der Waals surface area contributed by atoms with Gasteiger partial charge in [0.2, 0.25) is 0 Å². The second-order valence-corrected chi connectivity index (χ2v) is 5.08. The van der Waals surface area contributed by atoms with Gasteiger partial charge < -0.3 is 9.47 Å². The van der Waals surface area contributed by atoms with E-state index >= 15 is 0 Å². The third kappa shape index (κ3) is 3.88. The lowest BCUT2D eigenvalue weighted by Gasteiger charge is -2.10. The Morgan fingerprint density at radius 2 is 1.78 bits per heavy atom. The number of carbonyl (C=O) groups is 1. The fourth-order valence-electron chi connectivity index (χ4n) is 1.72. The maximum Gasteiger partial charge on any atom is 0.338 e. The lowest BCUT2D eigenvalue weighted by atomic mass is 10.2. The van der Waals surface area contributed by atoms with Gasteiger partial charge in [-0.05, 0) is 12.1 Å². The summed E-state index contributed by atoms with van der Waals surface area (Å²) >= 11 is 11.8. The van der Waals surface area contributed by atoms with Gasteiger partial charge >= 0.3 is 5.97 Å². The van der Waals surface area contributed by atoms with Crippen LogP contribution < -0.4 is 4.74 Å². The molecule has 0 saturated carbocycles. The number of nitro benzene ring substituents is 1. The highest BCUT2D eigenvalue weighted by Crippen LogP contribution is 2.39. The SMILES string of the molecule is COC(=O)c1cc(F)cc(Oc2c(Cl)cc([N+](=O)[O-])cc2Cl)c1. The molecule has 2 aromatic rings. The van der Waals surface area contributed by atoms with Crippen molar-refractivity contribution in [3.63, 3.8) is 0 Å². The lowest BCUT2D eigenvalue weighted by Crippen LogP contribution is -2.02. The number of ether oxygens (including phenoxy) is 2. The van der Waals surface area contributed by atoms with Crippen molar-refractivity contribution in [2.75, 3.05) is 7.11 Å². The van der Waals surface area contributed by atoms with Crippen molar-refractivity contribution in [2.24, 2.45) is 0 Å². The van der Waals surface area contributed by atoms with Crippen molar-refractivity contribution in [2.45, 2.75) is 0 Å². The molecule has 6 nitrogen and oxygen atoms in total. The molecule has 0 aliphatic rings. The van der Waals surface area contributed by atoms with Crippen molar-refractivity contribution >= 4 is 34.9 Å². The summed E-state index contributed by atoms with van der Waals surface area (Å²) in [5.74, 6) is -1.66. The van der Waals surface area contributed by atoms with Crippen LogP contribution in [0.1, 0.15) is 10.4 Å². The highest BCUT2D eigenvalue weighted by molar-refractivity contribution is 6.37. The molecular weight excluding hydrogens is 352 g/mol. The number of benzene rings is 2. The fraction of sp³-hybridized carbons (Fsp3) is 0.0714. The Kier molecular flexibility index (Phi) is 5.02. The molecule has 0 aromatic heterocycles. The minimum atomic E-state index is -0.754. The average molecular weight is 360 g/mol. The number of carbonyl (C=O) groups excluding carboxylic acids is 1. The molecule has 0 fully saturated rings. The van der Waals surface area contributed by atoms with Crippen LogP contribution in [0.15, 0.2) is 30.3 Å². The maximum absolute atomic E-state index is 13.6. The highest BCUT2D eigenvalue weighted by Gasteiger charge is 2.18. The lowest BCUT2D eigenvalue weighted by molar-refractivity contribution is -0.384. The van der Waals surface area contributed by atoms with Crippen molar-refractivity contribution in [3.8, 4) is 11.5 Å².